The third-order valence-corrected chi connectivity index (χ3v) is 4.43. The summed E-state index contributed by atoms with van der Waals surface area (Å²) in [6, 6.07) is 16.6. The molecule has 27 heavy (non-hydrogen) atoms. The molecule has 1 aliphatic rings. The Balaban J connectivity index is 1.63. The van der Waals surface area contributed by atoms with Crippen molar-refractivity contribution in [3.8, 4) is 0 Å². The summed E-state index contributed by atoms with van der Waals surface area (Å²) in [7, 11) is 0. The van der Waals surface area contributed by atoms with E-state index in [0.717, 1.165) is 11.1 Å². The van der Waals surface area contributed by atoms with E-state index in [4.69, 9.17) is 15.2 Å². The first-order valence-corrected chi connectivity index (χ1v) is 8.78. The highest BCUT2D eigenvalue weighted by Gasteiger charge is 2.44. The van der Waals surface area contributed by atoms with Gasteiger partial charge in [0.1, 0.15) is 12.1 Å². The number of nitrogens with one attached hydrogen (secondary N) is 2. The summed E-state index contributed by atoms with van der Waals surface area (Å²) in [6.07, 6.45) is -0.286. The number of hydrogen-bond donors (Lipinski definition) is 3. The number of nitrogens with two attached hydrogens (primary N) is 1. The van der Waals surface area contributed by atoms with Crippen molar-refractivity contribution in [3.63, 3.8) is 0 Å². The molecule has 1 atom stereocenters. The molecule has 0 aromatic heterocycles. The molecule has 0 bridgehead atoms. The van der Waals surface area contributed by atoms with E-state index in [-0.39, 0.29) is 19.1 Å². The lowest BCUT2D eigenvalue weighted by atomic mass is 9.97. The van der Waals surface area contributed by atoms with Crippen LogP contribution in [0.2, 0.25) is 0 Å². The van der Waals surface area contributed by atoms with Crippen LogP contribution in [0.1, 0.15) is 17.5 Å². The molecular formula is C20H23N3O4. The summed E-state index contributed by atoms with van der Waals surface area (Å²) in [6.45, 7) is 0.983. The number of carbonyl (C=O) groups excluding carboxylic acids is 2. The molecule has 2 amide bonds. The fourth-order valence-electron chi connectivity index (χ4n) is 2.88. The summed E-state index contributed by atoms with van der Waals surface area (Å²) in [5, 5.41) is 5.52. The lowest BCUT2D eigenvalue weighted by Crippen LogP contribution is -2.57. The van der Waals surface area contributed by atoms with E-state index < -0.39 is 11.6 Å². The van der Waals surface area contributed by atoms with E-state index in [1.807, 2.05) is 42.5 Å². The largest absolute Gasteiger partial charge is 0.445 e. The van der Waals surface area contributed by atoms with Crippen molar-refractivity contribution >= 4 is 17.7 Å². The van der Waals surface area contributed by atoms with E-state index >= 15 is 0 Å². The highest BCUT2D eigenvalue weighted by molar-refractivity contribution is 6.00. The zero-order chi connectivity index (χ0) is 19.1. The first kappa shape index (κ1) is 18.9. The van der Waals surface area contributed by atoms with Crippen LogP contribution >= 0.6 is 0 Å². The molecule has 7 nitrogen and oxygen atoms in total. The molecule has 1 heterocycles. The van der Waals surface area contributed by atoms with Crippen molar-refractivity contribution in [2.75, 3.05) is 18.5 Å². The van der Waals surface area contributed by atoms with Crippen molar-refractivity contribution in [2.45, 2.75) is 25.1 Å². The maximum atomic E-state index is 12.9. The summed E-state index contributed by atoms with van der Waals surface area (Å²) in [5.74, 6) is -0.342. The number of ether oxygens (including phenoxy) is 2. The summed E-state index contributed by atoms with van der Waals surface area (Å²) in [4.78, 5) is 25.1. The summed E-state index contributed by atoms with van der Waals surface area (Å²) < 4.78 is 10.6. The van der Waals surface area contributed by atoms with Gasteiger partial charge in [-0.15, -0.1) is 0 Å². The monoisotopic (exact) mass is 369 g/mol. The number of anilines is 1. The maximum absolute atomic E-state index is 12.9. The SMILES string of the molecule is NCc1cccc(NC(=O)[C@]2(NC(=O)OCc3ccccc3)CCOC2)c1. The highest BCUT2D eigenvalue weighted by Crippen LogP contribution is 2.22. The van der Waals surface area contributed by atoms with Crippen molar-refractivity contribution in [1.82, 2.24) is 5.32 Å². The predicted octanol–water partition coefficient (Wildman–Crippen LogP) is 2.17. The Morgan fingerprint density at radius 3 is 2.59 bits per heavy atom. The molecule has 0 unspecified atom stereocenters. The standard InChI is InChI=1S/C20H23N3O4/c21-12-16-7-4-8-17(11-16)22-18(24)20(9-10-26-14-20)23-19(25)27-13-15-5-2-1-3-6-15/h1-8,11H,9-10,12-14,21H2,(H,22,24)(H,23,25)/t20-/m0/s1. The molecule has 0 saturated carbocycles. The normalized spacial score (nSPS) is 18.7. The Kier molecular flexibility index (Phi) is 6.05. The molecule has 2 aromatic rings. The van der Waals surface area contributed by atoms with Crippen LogP contribution < -0.4 is 16.4 Å². The van der Waals surface area contributed by atoms with Gasteiger partial charge in [0.05, 0.1) is 6.61 Å². The highest BCUT2D eigenvalue weighted by atomic mass is 16.5. The lowest BCUT2D eigenvalue weighted by Gasteiger charge is -2.27. The van der Waals surface area contributed by atoms with Gasteiger partial charge in [-0.1, -0.05) is 42.5 Å². The van der Waals surface area contributed by atoms with Gasteiger partial charge in [0.25, 0.3) is 5.91 Å². The minimum absolute atomic E-state index is 0.0931. The van der Waals surface area contributed by atoms with E-state index in [1.165, 1.54) is 0 Å². The zero-order valence-corrected chi connectivity index (χ0v) is 14.9. The number of alkyl carbamates (subject to hydrolysis) is 1. The second kappa shape index (κ2) is 8.66. The molecule has 0 radical (unpaired) electrons. The molecule has 4 N–H and O–H groups in total. The number of benzene rings is 2. The number of rotatable bonds is 6. The molecule has 3 rings (SSSR count). The van der Waals surface area contributed by atoms with Gasteiger partial charge in [0.15, 0.2) is 0 Å². The molecule has 1 aliphatic heterocycles. The molecule has 1 saturated heterocycles. The lowest BCUT2D eigenvalue weighted by molar-refractivity contribution is -0.122. The van der Waals surface area contributed by atoms with Gasteiger partial charge in [0.2, 0.25) is 0 Å². The maximum Gasteiger partial charge on any atom is 0.408 e. The Hall–Kier alpha value is -2.90. The van der Waals surface area contributed by atoms with Crippen molar-refractivity contribution in [2.24, 2.45) is 5.73 Å². The van der Waals surface area contributed by atoms with Gasteiger partial charge in [0, 0.05) is 25.3 Å². The minimum atomic E-state index is -1.16. The van der Waals surface area contributed by atoms with Gasteiger partial charge in [-0.25, -0.2) is 4.79 Å². The summed E-state index contributed by atoms with van der Waals surface area (Å²) >= 11 is 0. The van der Waals surface area contributed by atoms with Crippen LogP contribution in [-0.2, 0) is 27.4 Å². The quantitative estimate of drug-likeness (QED) is 0.724. The van der Waals surface area contributed by atoms with E-state index in [9.17, 15) is 9.59 Å². The van der Waals surface area contributed by atoms with Crippen LogP contribution in [0.5, 0.6) is 0 Å². The fourth-order valence-corrected chi connectivity index (χ4v) is 2.88. The van der Waals surface area contributed by atoms with E-state index in [0.29, 0.717) is 25.3 Å². The van der Waals surface area contributed by atoms with Gasteiger partial charge in [-0.3, -0.25) is 4.79 Å². The number of hydrogen-bond acceptors (Lipinski definition) is 5. The number of carbonyl (C=O) groups is 2. The molecular weight excluding hydrogens is 346 g/mol. The third kappa shape index (κ3) is 4.84. The van der Waals surface area contributed by atoms with Gasteiger partial charge in [-0.05, 0) is 23.3 Å². The molecule has 0 spiro atoms. The smallest absolute Gasteiger partial charge is 0.408 e. The first-order valence-electron chi connectivity index (χ1n) is 8.78. The topological polar surface area (TPSA) is 103 Å². The predicted molar refractivity (Wildman–Crippen MR) is 101 cm³/mol. The van der Waals surface area contributed by atoms with Gasteiger partial charge >= 0.3 is 6.09 Å². The molecule has 1 fully saturated rings. The third-order valence-electron chi connectivity index (χ3n) is 4.43. The van der Waals surface area contributed by atoms with E-state index in [1.54, 1.807) is 12.1 Å². The second-order valence-electron chi connectivity index (χ2n) is 6.43. The van der Waals surface area contributed by atoms with Crippen LogP contribution in [0.3, 0.4) is 0 Å². The van der Waals surface area contributed by atoms with Crippen LogP contribution in [0.15, 0.2) is 54.6 Å². The van der Waals surface area contributed by atoms with Crippen LogP contribution in [0, 0.1) is 0 Å². The van der Waals surface area contributed by atoms with Crippen LogP contribution in [0.4, 0.5) is 10.5 Å². The Morgan fingerprint density at radius 1 is 1.11 bits per heavy atom. The molecule has 2 aromatic carbocycles. The minimum Gasteiger partial charge on any atom is -0.445 e. The van der Waals surface area contributed by atoms with E-state index in [2.05, 4.69) is 10.6 Å². The van der Waals surface area contributed by atoms with Gasteiger partial charge < -0.3 is 25.8 Å². The second-order valence-corrected chi connectivity index (χ2v) is 6.43. The molecule has 7 heteroatoms. The summed E-state index contributed by atoms with van der Waals surface area (Å²) in [5.41, 5.74) is 6.87. The Bertz CT molecular complexity index is 789. The Morgan fingerprint density at radius 2 is 1.89 bits per heavy atom. The van der Waals surface area contributed by atoms with Crippen molar-refractivity contribution in [3.05, 3.63) is 65.7 Å². The van der Waals surface area contributed by atoms with Crippen LogP contribution in [-0.4, -0.2) is 30.8 Å². The number of amides is 2. The Labute approximate surface area is 157 Å². The van der Waals surface area contributed by atoms with Gasteiger partial charge in [-0.2, -0.15) is 0 Å². The average Bonchev–Trinajstić information content (AvgIpc) is 3.17. The average molecular weight is 369 g/mol. The van der Waals surface area contributed by atoms with Crippen molar-refractivity contribution in [1.29, 1.82) is 0 Å². The van der Waals surface area contributed by atoms with Crippen LogP contribution in [0.25, 0.3) is 0 Å². The molecule has 0 aliphatic carbocycles. The zero-order valence-electron chi connectivity index (χ0n) is 14.9. The van der Waals surface area contributed by atoms with Crippen molar-refractivity contribution < 1.29 is 19.1 Å². The fraction of sp³-hybridized carbons (Fsp3) is 0.300. The first-order chi connectivity index (χ1) is 13.1. The molecule has 142 valence electrons.